The van der Waals surface area contributed by atoms with Crippen molar-refractivity contribution in [3.05, 3.63) is 21.9 Å². The van der Waals surface area contributed by atoms with E-state index in [-0.39, 0.29) is 21.1 Å². The Labute approximate surface area is 76.0 Å². The molecule has 0 spiro atoms. The van der Waals surface area contributed by atoms with Crippen LogP contribution >= 0.6 is 23.2 Å². The molecule has 0 saturated carbocycles. The number of fused-ring (bicyclic) bond motifs is 1. The maximum Gasteiger partial charge on any atom is 0.158 e. The van der Waals surface area contributed by atoms with E-state index in [0.29, 0.717) is 0 Å². The molecule has 0 saturated heterocycles. The van der Waals surface area contributed by atoms with Crippen LogP contribution in [0.5, 0.6) is 0 Å². The Bertz CT molecular complexity index is 442. The lowest BCUT2D eigenvalue weighted by molar-refractivity contribution is 0.315. The van der Waals surface area contributed by atoms with E-state index in [4.69, 9.17) is 23.2 Å². The van der Waals surface area contributed by atoms with Gasteiger partial charge in [0.1, 0.15) is 10.8 Å². The van der Waals surface area contributed by atoms with Crippen LogP contribution in [-0.4, -0.2) is 10.3 Å². The van der Waals surface area contributed by atoms with Crippen molar-refractivity contribution in [3.63, 3.8) is 0 Å². The summed E-state index contributed by atoms with van der Waals surface area (Å²) in [6, 6.07) is 1.07. The van der Waals surface area contributed by atoms with E-state index >= 15 is 0 Å². The molecule has 2 rings (SSSR count). The third kappa shape index (κ3) is 0.956. The first-order chi connectivity index (χ1) is 5.70. The first kappa shape index (κ1) is 7.76. The van der Waals surface area contributed by atoms with E-state index in [1.54, 1.807) is 0 Å². The van der Waals surface area contributed by atoms with Crippen LogP contribution in [0.25, 0.3) is 11.0 Å². The lowest BCUT2D eigenvalue weighted by Crippen LogP contribution is -1.80. The van der Waals surface area contributed by atoms with Crippen molar-refractivity contribution in [3.8, 4) is 0 Å². The molecule has 0 aliphatic carbocycles. The van der Waals surface area contributed by atoms with Crippen molar-refractivity contribution in [1.29, 1.82) is 0 Å². The number of rotatable bonds is 0. The summed E-state index contributed by atoms with van der Waals surface area (Å²) >= 11 is 11.2. The van der Waals surface area contributed by atoms with Crippen LogP contribution in [0.15, 0.2) is 10.7 Å². The fraction of sp³-hybridized carbons (Fsp3) is 0. The Morgan fingerprint density at radius 3 is 2.67 bits per heavy atom. The molecule has 0 unspecified atom stereocenters. The van der Waals surface area contributed by atoms with Gasteiger partial charge in [0.2, 0.25) is 0 Å². The van der Waals surface area contributed by atoms with Gasteiger partial charge in [0.15, 0.2) is 11.0 Å². The maximum atomic E-state index is 12.9. The van der Waals surface area contributed by atoms with Crippen LogP contribution < -0.4 is 0 Å². The fourth-order valence-corrected chi connectivity index (χ4v) is 1.24. The predicted molar refractivity (Wildman–Crippen MR) is 41.8 cm³/mol. The largest absolute Gasteiger partial charge is 0.243 e. The van der Waals surface area contributed by atoms with Gasteiger partial charge in [-0.1, -0.05) is 23.2 Å². The van der Waals surface area contributed by atoms with Crippen molar-refractivity contribution < 1.29 is 9.02 Å². The summed E-state index contributed by atoms with van der Waals surface area (Å²) < 4.78 is 17.2. The average molecular weight is 207 g/mol. The molecule has 1 aromatic carbocycles. The van der Waals surface area contributed by atoms with Crippen molar-refractivity contribution in [1.82, 2.24) is 10.3 Å². The van der Waals surface area contributed by atoms with E-state index in [0.717, 1.165) is 6.07 Å². The fourth-order valence-electron chi connectivity index (χ4n) is 0.845. The van der Waals surface area contributed by atoms with Crippen molar-refractivity contribution in [2.24, 2.45) is 0 Å². The maximum absolute atomic E-state index is 12.9. The number of benzene rings is 1. The second kappa shape index (κ2) is 2.57. The quantitative estimate of drug-likeness (QED) is 0.623. The third-order valence-corrected chi connectivity index (χ3v) is 2.03. The Kier molecular flexibility index (Phi) is 1.66. The molecule has 6 heteroatoms. The van der Waals surface area contributed by atoms with Gasteiger partial charge >= 0.3 is 0 Å². The van der Waals surface area contributed by atoms with Crippen LogP contribution in [0, 0.1) is 5.82 Å². The number of aromatic nitrogens is 2. The highest BCUT2D eigenvalue weighted by Crippen LogP contribution is 2.29. The van der Waals surface area contributed by atoms with E-state index < -0.39 is 5.82 Å². The van der Waals surface area contributed by atoms with Gasteiger partial charge in [0.05, 0.1) is 5.02 Å². The van der Waals surface area contributed by atoms with Gasteiger partial charge in [0, 0.05) is 0 Å². The van der Waals surface area contributed by atoms with Gasteiger partial charge in [0.25, 0.3) is 0 Å². The molecule has 62 valence electrons. The number of nitrogens with zero attached hydrogens (tertiary/aromatic N) is 2. The predicted octanol–water partition coefficient (Wildman–Crippen LogP) is 2.67. The molecule has 3 nitrogen and oxygen atoms in total. The molecule has 0 amide bonds. The zero-order valence-corrected chi connectivity index (χ0v) is 7.03. The standard InChI is InChI=1S/C6HCl2FN2O/c7-2-1-3(9)4(8)6-5(2)10-12-11-6/h1H. The molecule has 2 aromatic rings. The van der Waals surface area contributed by atoms with Gasteiger partial charge < -0.3 is 0 Å². The Morgan fingerprint density at radius 2 is 1.92 bits per heavy atom. The monoisotopic (exact) mass is 206 g/mol. The van der Waals surface area contributed by atoms with Crippen molar-refractivity contribution >= 4 is 34.2 Å². The Balaban J connectivity index is 2.97. The van der Waals surface area contributed by atoms with Crippen molar-refractivity contribution in [2.45, 2.75) is 0 Å². The molecular weight excluding hydrogens is 206 g/mol. The minimum Gasteiger partial charge on any atom is -0.243 e. The molecular formula is C6HCl2FN2O. The summed E-state index contributed by atoms with van der Waals surface area (Å²) in [6.45, 7) is 0. The van der Waals surface area contributed by atoms with E-state index in [1.807, 2.05) is 0 Å². The van der Waals surface area contributed by atoms with Gasteiger partial charge in [-0.3, -0.25) is 0 Å². The topological polar surface area (TPSA) is 38.9 Å². The number of halogens is 3. The summed E-state index contributed by atoms with van der Waals surface area (Å²) in [4.78, 5) is 0. The number of hydrogen-bond acceptors (Lipinski definition) is 3. The van der Waals surface area contributed by atoms with Gasteiger partial charge in [-0.25, -0.2) is 9.02 Å². The summed E-state index contributed by atoms with van der Waals surface area (Å²) in [5.74, 6) is -0.634. The SMILES string of the molecule is Fc1cc(Cl)c2nonc2c1Cl. The molecule has 0 aliphatic heterocycles. The smallest absolute Gasteiger partial charge is 0.158 e. The van der Waals surface area contributed by atoms with Crippen LogP contribution in [0.1, 0.15) is 0 Å². The molecule has 12 heavy (non-hydrogen) atoms. The minimum atomic E-state index is -0.634. The lowest BCUT2D eigenvalue weighted by Gasteiger charge is -1.93. The minimum absolute atomic E-state index is 0.129. The highest BCUT2D eigenvalue weighted by Gasteiger charge is 2.13. The Hall–Kier alpha value is -0.870. The molecule has 1 aromatic heterocycles. The molecule has 0 fully saturated rings. The zero-order chi connectivity index (χ0) is 8.72. The van der Waals surface area contributed by atoms with E-state index in [2.05, 4.69) is 14.9 Å². The molecule has 0 radical (unpaired) electrons. The van der Waals surface area contributed by atoms with Crippen molar-refractivity contribution in [2.75, 3.05) is 0 Å². The Morgan fingerprint density at radius 1 is 1.25 bits per heavy atom. The second-order valence-electron chi connectivity index (χ2n) is 2.12. The summed E-state index contributed by atoms with van der Waals surface area (Å²) in [6.07, 6.45) is 0. The van der Waals surface area contributed by atoms with Crippen LogP contribution in [-0.2, 0) is 0 Å². The van der Waals surface area contributed by atoms with E-state index in [9.17, 15) is 4.39 Å². The lowest BCUT2D eigenvalue weighted by atomic mass is 10.3. The molecule has 0 N–H and O–H groups in total. The van der Waals surface area contributed by atoms with Crippen LogP contribution in [0.4, 0.5) is 4.39 Å². The third-order valence-electron chi connectivity index (χ3n) is 1.39. The molecule has 0 atom stereocenters. The van der Waals surface area contributed by atoms with Gasteiger partial charge in [-0.2, -0.15) is 0 Å². The van der Waals surface area contributed by atoms with Gasteiger partial charge in [-0.15, -0.1) is 0 Å². The van der Waals surface area contributed by atoms with E-state index in [1.165, 1.54) is 0 Å². The second-order valence-corrected chi connectivity index (χ2v) is 2.90. The summed E-state index contributed by atoms with van der Waals surface area (Å²) in [5.41, 5.74) is 0.407. The molecule has 1 heterocycles. The molecule has 0 aliphatic rings. The zero-order valence-electron chi connectivity index (χ0n) is 5.51. The first-order valence-corrected chi connectivity index (χ1v) is 3.71. The van der Waals surface area contributed by atoms with Crippen LogP contribution in [0.2, 0.25) is 10.0 Å². The average Bonchev–Trinajstić information content (AvgIpc) is 2.48. The van der Waals surface area contributed by atoms with Gasteiger partial charge in [-0.05, 0) is 16.4 Å². The van der Waals surface area contributed by atoms with Crippen LogP contribution in [0.3, 0.4) is 0 Å². The summed E-state index contributed by atoms with van der Waals surface area (Å²) in [7, 11) is 0. The normalized spacial score (nSPS) is 10.9. The highest BCUT2D eigenvalue weighted by molar-refractivity contribution is 6.39. The highest BCUT2D eigenvalue weighted by atomic mass is 35.5. The number of hydrogen-bond donors (Lipinski definition) is 0. The first-order valence-electron chi connectivity index (χ1n) is 2.96. The summed E-state index contributed by atoms with van der Waals surface area (Å²) in [5, 5.41) is 6.85. The molecule has 0 bridgehead atoms.